The molecule has 1 saturated carbocycles. The molecular weight excluding hydrogens is 380 g/mol. The SMILES string of the molecule is CCCCS(=O)(=O)NC1CCC(C2=C(C#N)C(=O)O/C2=C\c2ccco2)CC1. The maximum atomic E-state index is 12.1. The first-order chi connectivity index (χ1) is 13.4. The standard InChI is InChI=1S/C20H24N2O5S/c1-2-3-11-28(24,25)22-15-8-6-14(7-9-15)19-17(13-21)20(23)27-18(19)12-16-5-4-10-26-16/h4-5,10,12,14-15,22H,2-3,6-9,11H2,1H3/b18-12-. The summed E-state index contributed by atoms with van der Waals surface area (Å²) in [6, 6.07) is 5.32. The number of carbonyl (C=O) groups is 1. The molecule has 3 rings (SSSR count). The Bertz CT molecular complexity index is 914. The van der Waals surface area contributed by atoms with Crippen molar-refractivity contribution in [3.63, 3.8) is 0 Å². The Morgan fingerprint density at radius 2 is 2.07 bits per heavy atom. The summed E-state index contributed by atoms with van der Waals surface area (Å²) in [6.07, 6.45) is 7.27. The number of hydrogen-bond donors (Lipinski definition) is 1. The summed E-state index contributed by atoms with van der Waals surface area (Å²) in [6.45, 7) is 1.96. The maximum Gasteiger partial charge on any atom is 0.354 e. The Hall–Kier alpha value is -2.37. The van der Waals surface area contributed by atoms with E-state index in [1.54, 1.807) is 18.2 Å². The van der Waals surface area contributed by atoms with Crippen molar-refractivity contribution in [3.8, 4) is 6.07 Å². The minimum Gasteiger partial charge on any atom is -0.465 e. The first-order valence-electron chi connectivity index (χ1n) is 9.55. The molecule has 1 N–H and O–H groups in total. The fraction of sp³-hybridized carbons (Fsp3) is 0.500. The molecule has 0 atom stereocenters. The molecule has 0 amide bonds. The summed E-state index contributed by atoms with van der Waals surface area (Å²) in [4.78, 5) is 12.1. The molecule has 1 aromatic rings. The van der Waals surface area contributed by atoms with E-state index in [9.17, 15) is 18.5 Å². The quantitative estimate of drug-likeness (QED) is 0.699. The summed E-state index contributed by atoms with van der Waals surface area (Å²) in [7, 11) is -3.27. The molecule has 28 heavy (non-hydrogen) atoms. The fourth-order valence-corrected chi connectivity index (χ4v) is 5.24. The minimum atomic E-state index is -3.27. The number of rotatable bonds is 7. The van der Waals surface area contributed by atoms with E-state index < -0.39 is 16.0 Å². The molecule has 1 aliphatic carbocycles. The Morgan fingerprint density at radius 3 is 2.68 bits per heavy atom. The van der Waals surface area contributed by atoms with Gasteiger partial charge in [0, 0.05) is 17.7 Å². The van der Waals surface area contributed by atoms with Crippen LogP contribution in [0.2, 0.25) is 0 Å². The van der Waals surface area contributed by atoms with Crippen LogP contribution in [0.3, 0.4) is 0 Å². The van der Waals surface area contributed by atoms with Crippen LogP contribution in [-0.2, 0) is 19.6 Å². The van der Waals surface area contributed by atoms with Crippen molar-refractivity contribution < 1.29 is 22.4 Å². The van der Waals surface area contributed by atoms with Gasteiger partial charge in [0.1, 0.15) is 23.2 Å². The van der Waals surface area contributed by atoms with Gasteiger partial charge in [-0.05, 0) is 50.2 Å². The van der Waals surface area contributed by atoms with Gasteiger partial charge in [-0.3, -0.25) is 0 Å². The number of cyclic esters (lactones) is 1. The van der Waals surface area contributed by atoms with Crippen molar-refractivity contribution in [2.45, 2.75) is 51.5 Å². The van der Waals surface area contributed by atoms with Gasteiger partial charge < -0.3 is 9.15 Å². The number of carbonyl (C=O) groups excluding carboxylic acids is 1. The molecule has 2 aliphatic rings. The topological polar surface area (TPSA) is 109 Å². The number of nitrogens with one attached hydrogen (secondary N) is 1. The second-order valence-corrected chi connectivity index (χ2v) is 9.03. The summed E-state index contributed by atoms with van der Waals surface area (Å²) in [5.74, 6) is 0.364. The molecule has 1 aromatic heterocycles. The lowest BCUT2D eigenvalue weighted by molar-refractivity contribution is -0.132. The zero-order valence-electron chi connectivity index (χ0n) is 15.8. The van der Waals surface area contributed by atoms with Crippen molar-refractivity contribution in [2.24, 2.45) is 5.92 Å². The highest BCUT2D eigenvalue weighted by atomic mass is 32.2. The number of hydrogen-bond acceptors (Lipinski definition) is 6. The Balaban J connectivity index is 1.72. The molecule has 2 heterocycles. The minimum absolute atomic E-state index is 0.0290. The lowest BCUT2D eigenvalue weighted by atomic mass is 9.80. The number of esters is 1. The van der Waals surface area contributed by atoms with Crippen LogP contribution >= 0.6 is 0 Å². The third kappa shape index (κ3) is 4.72. The van der Waals surface area contributed by atoms with Gasteiger partial charge >= 0.3 is 5.97 Å². The number of ether oxygens (including phenoxy) is 1. The Morgan fingerprint density at radius 1 is 1.32 bits per heavy atom. The molecule has 0 saturated heterocycles. The van der Waals surface area contributed by atoms with Gasteiger partial charge in [-0.25, -0.2) is 17.9 Å². The average Bonchev–Trinajstić information content (AvgIpc) is 3.28. The van der Waals surface area contributed by atoms with Crippen LogP contribution in [0.5, 0.6) is 0 Å². The molecular formula is C20H24N2O5S. The summed E-state index contributed by atoms with van der Waals surface area (Å²) < 4.78 is 37.6. The largest absolute Gasteiger partial charge is 0.465 e. The van der Waals surface area contributed by atoms with E-state index in [-0.39, 0.29) is 23.3 Å². The summed E-state index contributed by atoms with van der Waals surface area (Å²) in [5, 5.41) is 9.42. The monoisotopic (exact) mass is 404 g/mol. The first kappa shape index (κ1) is 20.4. The normalized spacial score (nSPS) is 24.4. The number of sulfonamides is 1. The Kier molecular flexibility index (Phi) is 6.37. The van der Waals surface area contributed by atoms with Gasteiger partial charge in [-0.1, -0.05) is 13.3 Å². The molecule has 0 radical (unpaired) electrons. The van der Waals surface area contributed by atoms with Crippen LogP contribution in [0, 0.1) is 17.2 Å². The smallest absolute Gasteiger partial charge is 0.354 e. The molecule has 0 bridgehead atoms. The highest BCUT2D eigenvalue weighted by molar-refractivity contribution is 7.89. The van der Waals surface area contributed by atoms with Crippen molar-refractivity contribution in [1.29, 1.82) is 5.26 Å². The number of unbranched alkanes of at least 4 members (excludes halogenated alkanes) is 1. The van der Waals surface area contributed by atoms with E-state index >= 15 is 0 Å². The third-order valence-electron chi connectivity index (χ3n) is 5.12. The average molecular weight is 404 g/mol. The van der Waals surface area contributed by atoms with Gasteiger partial charge in [-0.15, -0.1) is 0 Å². The van der Waals surface area contributed by atoms with Crippen LogP contribution in [-0.4, -0.2) is 26.2 Å². The summed E-state index contributed by atoms with van der Waals surface area (Å²) >= 11 is 0. The van der Waals surface area contributed by atoms with Gasteiger partial charge in [0.15, 0.2) is 0 Å². The Labute approximate surface area is 165 Å². The van der Waals surface area contributed by atoms with Crippen LogP contribution in [0.4, 0.5) is 0 Å². The molecule has 1 aliphatic heterocycles. The van der Waals surface area contributed by atoms with Gasteiger partial charge in [-0.2, -0.15) is 5.26 Å². The highest BCUT2D eigenvalue weighted by Crippen LogP contribution is 2.40. The van der Waals surface area contributed by atoms with Gasteiger partial charge in [0.2, 0.25) is 10.0 Å². The maximum absolute atomic E-state index is 12.1. The number of furan rings is 1. The fourth-order valence-electron chi connectivity index (χ4n) is 3.71. The van der Waals surface area contributed by atoms with Gasteiger partial charge in [0.05, 0.1) is 12.0 Å². The lowest BCUT2D eigenvalue weighted by Gasteiger charge is -2.29. The number of allylic oxidation sites excluding steroid dienone is 1. The van der Waals surface area contributed by atoms with E-state index in [4.69, 9.17) is 9.15 Å². The molecule has 150 valence electrons. The van der Waals surface area contributed by atoms with Crippen molar-refractivity contribution in [2.75, 3.05) is 5.75 Å². The molecule has 7 nitrogen and oxygen atoms in total. The zero-order valence-corrected chi connectivity index (χ0v) is 16.6. The van der Waals surface area contributed by atoms with Crippen LogP contribution in [0.1, 0.15) is 51.2 Å². The second-order valence-electron chi connectivity index (χ2n) is 7.15. The van der Waals surface area contributed by atoms with E-state index in [1.165, 1.54) is 6.26 Å². The summed E-state index contributed by atoms with van der Waals surface area (Å²) in [5.41, 5.74) is 0.640. The molecule has 0 spiro atoms. The molecule has 1 fully saturated rings. The molecule has 8 heteroatoms. The van der Waals surface area contributed by atoms with E-state index in [0.717, 1.165) is 6.42 Å². The molecule has 0 unspecified atom stereocenters. The van der Waals surface area contributed by atoms with E-state index in [0.29, 0.717) is 49.2 Å². The van der Waals surface area contributed by atoms with Gasteiger partial charge in [0.25, 0.3) is 0 Å². The third-order valence-corrected chi connectivity index (χ3v) is 6.64. The van der Waals surface area contributed by atoms with Crippen LogP contribution in [0.25, 0.3) is 6.08 Å². The number of nitriles is 1. The van der Waals surface area contributed by atoms with Crippen LogP contribution < -0.4 is 4.72 Å². The number of nitrogens with zero attached hydrogens (tertiary/aromatic N) is 1. The predicted molar refractivity (Wildman–Crippen MR) is 103 cm³/mol. The van der Waals surface area contributed by atoms with E-state index in [1.807, 2.05) is 13.0 Å². The van der Waals surface area contributed by atoms with E-state index in [2.05, 4.69) is 4.72 Å². The second kappa shape index (κ2) is 8.76. The van der Waals surface area contributed by atoms with Crippen molar-refractivity contribution >= 4 is 22.1 Å². The predicted octanol–water partition coefficient (Wildman–Crippen LogP) is 3.28. The molecule has 0 aromatic carbocycles. The van der Waals surface area contributed by atoms with Crippen molar-refractivity contribution in [3.05, 3.63) is 41.1 Å². The highest BCUT2D eigenvalue weighted by Gasteiger charge is 2.37. The zero-order chi connectivity index (χ0) is 20.1. The lowest BCUT2D eigenvalue weighted by Crippen LogP contribution is -2.39. The van der Waals surface area contributed by atoms with Crippen LogP contribution in [0.15, 0.2) is 39.7 Å². The van der Waals surface area contributed by atoms with Crippen molar-refractivity contribution in [1.82, 2.24) is 4.72 Å². The first-order valence-corrected chi connectivity index (χ1v) is 11.2.